The van der Waals surface area contributed by atoms with Gasteiger partial charge < -0.3 is 15.0 Å². The van der Waals surface area contributed by atoms with Crippen molar-refractivity contribution in [2.24, 2.45) is 0 Å². The number of likely N-dealkylation sites (tertiary alicyclic amines) is 1. The highest BCUT2D eigenvalue weighted by atomic mass is 19.4. The van der Waals surface area contributed by atoms with Crippen LogP contribution in [0.25, 0.3) is 0 Å². The van der Waals surface area contributed by atoms with Gasteiger partial charge in [-0.2, -0.15) is 18.4 Å². The summed E-state index contributed by atoms with van der Waals surface area (Å²) < 4.78 is 43.1. The van der Waals surface area contributed by atoms with Gasteiger partial charge in [0.15, 0.2) is 0 Å². The van der Waals surface area contributed by atoms with Gasteiger partial charge >= 0.3 is 6.18 Å². The average Bonchev–Trinajstić information content (AvgIpc) is 3.07. The molecule has 0 unspecified atom stereocenters. The summed E-state index contributed by atoms with van der Waals surface area (Å²) in [6, 6.07) is 3.19. The molecule has 0 aromatic carbocycles. The zero-order valence-electron chi connectivity index (χ0n) is 15.6. The van der Waals surface area contributed by atoms with Gasteiger partial charge in [0.25, 0.3) is 0 Å². The molecule has 2 atom stereocenters. The third-order valence-corrected chi connectivity index (χ3v) is 4.38. The Labute approximate surface area is 161 Å². The fraction of sp³-hybridized carbons (Fsp3) is 0.526. The van der Waals surface area contributed by atoms with E-state index in [1.54, 1.807) is 13.8 Å². The highest BCUT2D eigenvalue weighted by Gasteiger charge is 2.36. The maximum atomic E-state index is 12.5. The van der Waals surface area contributed by atoms with Crippen LogP contribution in [0.5, 0.6) is 5.88 Å². The minimum atomic E-state index is -4.46. The molecule has 1 N–H and O–H groups in total. The van der Waals surface area contributed by atoms with E-state index in [9.17, 15) is 23.2 Å². The Balaban J connectivity index is 1.89. The van der Waals surface area contributed by atoms with Crippen molar-refractivity contribution < 1.29 is 22.7 Å². The molecule has 1 amide bonds. The van der Waals surface area contributed by atoms with E-state index in [-0.39, 0.29) is 24.9 Å². The van der Waals surface area contributed by atoms with Gasteiger partial charge in [-0.15, -0.1) is 6.42 Å². The van der Waals surface area contributed by atoms with Gasteiger partial charge in [-0.3, -0.25) is 4.79 Å². The Hall–Kier alpha value is -2.78. The largest absolute Gasteiger partial charge is 0.476 e. The topological polar surface area (TPSA) is 78.2 Å². The van der Waals surface area contributed by atoms with Crippen LogP contribution in [0.2, 0.25) is 0 Å². The number of alkyl halides is 3. The molecule has 1 aromatic heterocycles. The summed E-state index contributed by atoms with van der Waals surface area (Å²) in [4.78, 5) is 17.6. The normalized spacial score (nSPS) is 19.8. The molecule has 1 aliphatic heterocycles. The molecule has 1 fully saturated rings. The minimum Gasteiger partial charge on any atom is -0.476 e. The van der Waals surface area contributed by atoms with Crippen molar-refractivity contribution in [1.29, 1.82) is 5.26 Å². The first-order valence-electron chi connectivity index (χ1n) is 8.65. The van der Waals surface area contributed by atoms with Crippen molar-refractivity contribution in [3.05, 3.63) is 23.9 Å². The molecule has 1 saturated heterocycles. The van der Waals surface area contributed by atoms with Gasteiger partial charge in [-0.1, -0.05) is 5.92 Å². The van der Waals surface area contributed by atoms with Crippen LogP contribution in [0.15, 0.2) is 18.3 Å². The molecule has 0 saturated carbocycles. The molecule has 2 heterocycles. The number of nitrogens with one attached hydrogen (secondary N) is 1. The average molecular weight is 394 g/mol. The first kappa shape index (κ1) is 21.5. The first-order valence-corrected chi connectivity index (χ1v) is 8.65. The number of amides is 1. The van der Waals surface area contributed by atoms with Crippen molar-refractivity contribution in [2.75, 3.05) is 13.2 Å². The van der Waals surface area contributed by atoms with Crippen LogP contribution in [-0.4, -0.2) is 46.6 Å². The number of rotatable bonds is 6. The predicted octanol–water partition coefficient (Wildman–Crippen LogP) is 2.36. The van der Waals surface area contributed by atoms with Crippen molar-refractivity contribution in [2.45, 2.75) is 50.5 Å². The second kappa shape index (κ2) is 8.49. The molecule has 6 nitrogen and oxygen atoms in total. The molecule has 0 radical (unpaired) electrons. The third-order valence-electron chi connectivity index (χ3n) is 4.38. The smallest absolute Gasteiger partial charge is 0.417 e. The number of nitrogens with zero attached hydrogens (tertiary/aromatic N) is 3. The van der Waals surface area contributed by atoms with Gasteiger partial charge in [0.2, 0.25) is 11.8 Å². The number of hydrogen-bond acceptors (Lipinski definition) is 5. The monoisotopic (exact) mass is 394 g/mol. The summed E-state index contributed by atoms with van der Waals surface area (Å²) >= 11 is 0. The van der Waals surface area contributed by atoms with E-state index in [2.05, 4.69) is 22.3 Å². The lowest BCUT2D eigenvalue weighted by Crippen LogP contribution is -2.51. The highest BCUT2D eigenvalue weighted by molar-refractivity contribution is 5.80. The zero-order chi connectivity index (χ0) is 20.9. The number of carbonyl (C=O) groups is 1. The van der Waals surface area contributed by atoms with E-state index < -0.39 is 29.4 Å². The van der Waals surface area contributed by atoms with Crippen LogP contribution < -0.4 is 10.1 Å². The van der Waals surface area contributed by atoms with Crippen molar-refractivity contribution in [1.82, 2.24) is 15.2 Å². The van der Waals surface area contributed by atoms with Gasteiger partial charge in [0.05, 0.1) is 24.2 Å². The van der Waals surface area contributed by atoms with Crippen LogP contribution in [0.4, 0.5) is 13.2 Å². The number of ether oxygens (including phenoxy) is 1. The molecule has 0 bridgehead atoms. The number of terminal acetylenes is 1. The molecule has 150 valence electrons. The lowest BCUT2D eigenvalue weighted by atomic mass is 10.1. The summed E-state index contributed by atoms with van der Waals surface area (Å²) in [5.74, 6) is 2.29. The van der Waals surface area contributed by atoms with Crippen molar-refractivity contribution >= 4 is 5.91 Å². The van der Waals surface area contributed by atoms with E-state index in [0.29, 0.717) is 19.0 Å². The Morgan fingerprint density at radius 1 is 1.39 bits per heavy atom. The van der Waals surface area contributed by atoms with Gasteiger partial charge in [0.1, 0.15) is 12.6 Å². The lowest BCUT2D eigenvalue weighted by molar-refractivity contribution is -0.137. The van der Waals surface area contributed by atoms with Crippen LogP contribution in [0.3, 0.4) is 0 Å². The predicted molar refractivity (Wildman–Crippen MR) is 94.9 cm³/mol. The molecular formula is C19H21F3N4O2. The number of hydrogen-bond donors (Lipinski definition) is 1. The molecule has 0 spiro atoms. The molecule has 2 rings (SSSR count). The Kier molecular flexibility index (Phi) is 6.52. The van der Waals surface area contributed by atoms with Gasteiger partial charge in [0, 0.05) is 17.8 Å². The molecule has 1 aromatic rings. The molecule has 1 aliphatic rings. The fourth-order valence-corrected chi connectivity index (χ4v) is 2.79. The van der Waals surface area contributed by atoms with Crippen LogP contribution >= 0.6 is 0 Å². The van der Waals surface area contributed by atoms with Crippen molar-refractivity contribution in [3.8, 4) is 24.3 Å². The van der Waals surface area contributed by atoms with Crippen molar-refractivity contribution in [3.63, 3.8) is 0 Å². The number of nitriles is 1. The second-order valence-corrected chi connectivity index (χ2v) is 7.11. The van der Waals surface area contributed by atoms with Gasteiger partial charge in [-0.25, -0.2) is 4.98 Å². The summed E-state index contributed by atoms with van der Waals surface area (Å²) in [5.41, 5.74) is -1.53. The van der Waals surface area contributed by atoms with E-state index >= 15 is 0 Å². The van der Waals surface area contributed by atoms with Crippen LogP contribution in [-0.2, 0) is 11.0 Å². The Morgan fingerprint density at radius 3 is 2.61 bits per heavy atom. The zero-order valence-corrected chi connectivity index (χ0v) is 15.6. The van der Waals surface area contributed by atoms with E-state index in [4.69, 9.17) is 11.2 Å². The standard InChI is InChI=1S/C19H21F3N4O2/c1-4-14-6-7-15(9-23)26(14)17(27)11-25-18(2,3)12-28-16-8-5-13(10-24-16)19(20,21)22/h1,5,8,10,14-15,25H,6-7,11-12H2,2-3H3/t14-,15-/m0/s1. The molecule has 0 aliphatic carbocycles. The molecular weight excluding hydrogens is 373 g/mol. The number of aromatic nitrogens is 1. The molecule has 28 heavy (non-hydrogen) atoms. The summed E-state index contributed by atoms with van der Waals surface area (Å²) in [7, 11) is 0. The van der Waals surface area contributed by atoms with E-state index in [1.165, 1.54) is 4.90 Å². The highest BCUT2D eigenvalue weighted by Crippen LogP contribution is 2.29. The summed E-state index contributed by atoms with van der Waals surface area (Å²) in [6.07, 6.45) is 2.82. The first-order chi connectivity index (χ1) is 13.1. The van der Waals surface area contributed by atoms with Crippen LogP contribution in [0.1, 0.15) is 32.3 Å². The number of halogens is 3. The SMILES string of the molecule is C#C[C@H]1CC[C@@H](C#N)N1C(=O)CNC(C)(C)COc1ccc(C(F)(F)F)cn1. The maximum Gasteiger partial charge on any atom is 0.417 e. The van der Waals surface area contributed by atoms with E-state index in [0.717, 1.165) is 12.1 Å². The Morgan fingerprint density at radius 2 is 2.07 bits per heavy atom. The molecule has 9 heteroatoms. The Bertz CT molecular complexity index is 756. The number of carbonyl (C=O) groups excluding carboxylic acids is 1. The maximum absolute atomic E-state index is 12.5. The third kappa shape index (κ3) is 5.37. The quantitative estimate of drug-likeness (QED) is 0.750. The summed E-state index contributed by atoms with van der Waals surface area (Å²) in [5, 5.41) is 12.2. The van der Waals surface area contributed by atoms with Crippen LogP contribution in [0, 0.1) is 23.7 Å². The fourth-order valence-electron chi connectivity index (χ4n) is 2.79. The number of pyridine rings is 1. The minimum absolute atomic E-state index is 0.0469. The summed E-state index contributed by atoms with van der Waals surface area (Å²) in [6.45, 7) is 3.57. The van der Waals surface area contributed by atoms with Gasteiger partial charge in [-0.05, 0) is 32.8 Å². The lowest BCUT2D eigenvalue weighted by Gasteiger charge is -2.29. The second-order valence-electron chi connectivity index (χ2n) is 7.11. The van der Waals surface area contributed by atoms with E-state index in [1.807, 2.05) is 0 Å².